The number of anilines is 1. The van der Waals surface area contributed by atoms with Crippen LogP contribution >= 0.6 is 0 Å². The van der Waals surface area contributed by atoms with Crippen molar-refractivity contribution in [3.63, 3.8) is 0 Å². The van der Waals surface area contributed by atoms with Crippen LogP contribution in [0.2, 0.25) is 0 Å². The van der Waals surface area contributed by atoms with Crippen molar-refractivity contribution >= 4 is 5.69 Å². The summed E-state index contributed by atoms with van der Waals surface area (Å²) < 4.78 is 33.8. The molecular weight excluding hydrogens is 250 g/mol. The summed E-state index contributed by atoms with van der Waals surface area (Å²) >= 11 is 0. The molecule has 19 heavy (non-hydrogen) atoms. The van der Waals surface area contributed by atoms with Gasteiger partial charge in [-0.2, -0.15) is 0 Å². The van der Waals surface area contributed by atoms with E-state index in [-0.39, 0.29) is 17.9 Å². The molecule has 0 aliphatic carbocycles. The Balaban J connectivity index is 2.29. The van der Waals surface area contributed by atoms with E-state index in [9.17, 15) is 8.78 Å². The zero-order chi connectivity index (χ0) is 14.0. The van der Waals surface area contributed by atoms with E-state index in [1.54, 1.807) is 11.9 Å². The molecule has 1 aromatic rings. The van der Waals surface area contributed by atoms with Gasteiger partial charge < -0.3 is 15.0 Å². The Labute approximate surface area is 112 Å². The van der Waals surface area contributed by atoms with Crippen molar-refractivity contribution in [2.24, 2.45) is 0 Å². The molecule has 3 nitrogen and oxygen atoms in total. The molecule has 2 atom stereocenters. The number of nitrogens with zero attached hydrogens (tertiary/aromatic N) is 1. The fourth-order valence-corrected chi connectivity index (χ4v) is 2.59. The predicted molar refractivity (Wildman–Crippen MR) is 71.3 cm³/mol. The second kappa shape index (κ2) is 5.84. The number of hydrogen-bond acceptors (Lipinski definition) is 3. The molecular formula is C14H20F2N2O. The zero-order valence-corrected chi connectivity index (χ0v) is 11.5. The SMILES string of the molecule is CNCc1cc(F)c(N2CC(C)OC(C)C2)c(F)c1. The van der Waals surface area contributed by atoms with Gasteiger partial charge in [0.25, 0.3) is 0 Å². The van der Waals surface area contributed by atoms with E-state index in [4.69, 9.17) is 4.74 Å². The summed E-state index contributed by atoms with van der Waals surface area (Å²) in [6, 6.07) is 2.78. The first-order chi connectivity index (χ1) is 9.01. The van der Waals surface area contributed by atoms with Crippen LogP contribution in [0.5, 0.6) is 0 Å². The minimum Gasteiger partial charge on any atom is -0.372 e. The van der Waals surface area contributed by atoms with Crippen LogP contribution in [0.1, 0.15) is 19.4 Å². The van der Waals surface area contributed by atoms with E-state index >= 15 is 0 Å². The van der Waals surface area contributed by atoms with Crippen LogP contribution in [0, 0.1) is 11.6 Å². The Morgan fingerprint density at radius 2 is 1.74 bits per heavy atom. The summed E-state index contributed by atoms with van der Waals surface area (Å²) in [4.78, 5) is 1.73. The molecule has 0 bridgehead atoms. The van der Waals surface area contributed by atoms with Crippen LogP contribution in [0.15, 0.2) is 12.1 Å². The lowest BCUT2D eigenvalue weighted by molar-refractivity contribution is -0.00558. The third-order valence-corrected chi connectivity index (χ3v) is 3.19. The molecule has 0 spiro atoms. The maximum Gasteiger partial charge on any atom is 0.149 e. The van der Waals surface area contributed by atoms with Gasteiger partial charge in [0.05, 0.1) is 12.2 Å². The summed E-state index contributed by atoms with van der Waals surface area (Å²) in [5.74, 6) is -1.02. The van der Waals surface area contributed by atoms with Crippen molar-refractivity contribution in [1.29, 1.82) is 0 Å². The Hall–Kier alpha value is -1.20. The molecule has 106 valence electrons. The Morgan fingerprint density at radius 3 is 2.21 bits per heavy atom. The monoisotopic (exact) mass is 270 g/mol. The first kappa shape index (κ1) is 14.2. The van der Waals surface area contributed by atoms with Crippen LogP contribution in [-0.2, 0) is 11.3 Å². The quantitative estimate of drug-likeness (QED) is 0.912. The van der Waals surface area contributed by atoms with E-state index in [0.29, 0.717) is 25.2 Å². The van der Waals surface area contributed by atoms with E-state index in [1.807, 2.05) is 13.8 Å². The number of rotatable bonds is 3. The third kappa shape index (κ3) is 3.22. The van der Waals surface area contributed by atoms with Crippen molar-refractivity contribution in [3.8, 4) is 0 Å². The summed E-state index contributed by atoms with van der Waals surface area (Å²) in [7, 11) is 1.75. The van der Waals surface area contributed by atoms with Gasteiger partial charge in [-0.25, -0.2) is 8.78 Å². The number of benzene rings is 1. The Morgan fingerprint density at radius 1 is 1.21 bits per heavy atom. The molecule has 5 heteroatoms. The number of halogens is 2. The van der Waals surface area contributed by atoms with E-state index < -0.39 is 11.6 Å². The molecule has 1 aliphatic heterocycles. The van der Waals surface area contributed by atoms with Crippen LogP contribution in [0.4, 0.5) is 14.5 Å². The second-order valence-electron chi connectivity index (χ2n) is 5.10. The second-order valence-corrected chi connectivity index (χ2v) is 5.10. The van der Waals surface area contributed by atoms with Crippen molar-refractivity contribution in [3.05, 3.63) is 29.3 Å². The van der Waals surface area contributed by atoms with Crippen molar-refractivity contribution in [2.75, 3.05) is 25.0 Å². The molecule has 2 rings (SSSR count). The lowest BCUT2D eigenvalue weighted by Crippen LogP contribution is -2.46. The third-order valence-electron chi connectivity index (χ3n) is 3.19. The molecule has 1 saturated heterocycles. The smallest absolute Gasteiger partial charge is 0.149 e. The van der Waals surface area contributed by atoms with Gasteiger partial charge in [0, 0.05) is 19.6 Å². The van der Waals surface area contributed by atoms with Crippen molar-refractivity contribution < 1.29 is 13.5 Å². The highest BCUT2D eigenvalue weighted by Gasteiger charge is 2.26. The summed E-state index contributed by atoms with van der Waals surface area (Å²) in [6.07, 6.45) is -0.0564. The Kier molecular flexibility index (Phi) is 4.37. The fourth-order valence-electron chi connectivity index (χ4n) is 2.59. The first-order valence-electron chi connectivity index (χ1n) is 6.54. The summed E-state index contributed by atoms with van der Waals surface area (Å²) in [5.41, 5.74) is 0.664. The largest absolute Gasteiger partial charge is 0.372 e. The predicted octanol–water partition coefficient (Wildman–Crippen LogP) is 2.30. The molecule has 0 amide bonds. The van der Waals surface area contributed by atoms with E-state index in [0.717, 1.165) is 0 Å². The molecule has 0 saturated carbocycles. The molecule has 0 aromatic heterocycles. The highest BCUT2D eigenvalue weighted by atomic mass is 19.1. The highest BCUT2D eigenvalue weighted by molar-refractivity contribution is 5.51. The molecule has 1 aliphatic rings. The normalized spacial score (nSPS) is 23.7. The maximum atomic E-state index is 14.1. The van der Waals surface area contributed by atoms with Gasteiger partial charge in [0.15, 0.2) is 0 Å². The average molecular weight is 270 g/mol. The molecule has 0 radical (unpaired) electrons. The lowest BCUT2D eigenvalue weighted by Gasteiger charge is -2.37. The van der Waals surface area contributed by atoms with E-state index in [1.165, 1.54) is 12.1 Å². The van der Waals surface area contributed by atoms with Gasteiger partial charge in [-0.3, -0.25) is 0 Å². The summed E-state index contributed by atoms with van der Waals surface area (Å²) in [6.45, 7) is 5.28. The van der Waals surface area contributed by atoms with E-state index in [2.05, 4.69) is 5.32 Å². The minimum absolute atomic E-state index is 0.0282. The maximum absolute atomic E-state index is 14.1. The van der Waals surface area contributed by atoms with Crippen LogP contribution in [-0.4, -0.2) is 32.3 Å². The number of nitrogens with one attached hydrogen (secondary N) is 1. The molecule has 1 N–H and O–H groups in total. The standard InChI is InChI=1S/C14H20F2N2O/c1-9-7-18(8-10(2)19-9)14-12(15)4-11(6-17-3)5-13(14)16/h4-5,9-10,17H,6-8H2,1-3H3. The fraction of sp³-hybridized carbons (Fsp3) is 0.571. The number of morpholine rings is 1. The highest BCUT2D eigenvalue weighted by Crippen LogP contribution is 2.27. The topological polar surface area (TPSA) is 24.5 Å². The summed E-state index contributed by atoms with van der Waals surface area (Å²) in [5, 5.41) is 2.88. The van der Waals surface area contributed by atoms with Gasteiger partial charge in [0.2, 0.25) is 0 Å². The number of hydrogen-bond donors (Lipinski definition) is 1. The van der Waals surface area contributed by atoms with Crippen molar-refractivity contribution in [2.45, 2.75) is 32.6 Å². The lowest BCUT2D eigenvalue weighted by atomic mass is 10.1. The van der Waals surface area contributed by atoms with Crippen molar-refractivity contribution in [1.82, 2.24) is 5.32 Å². The average Bonchev–Trinajstić information content (AvgIpc) is 2.26. The molecule has 2 unspecified atom stereocenters. The molecule has 1 fully saturated rings. The van der Waals surface area contributed by atoms with Gasteiger partial charge >= 0.3 is 0 Å². The zero-order valence-electron chi connectivity index (χ0n) is 11.5. The number of ether oxygens (including phenoxy) is 1. The van der Waals surface area contributed by atoms with Crippen LogP contribution < -0.4 is 10.2 Å². The molecule has 1 heterocycles. The Bertz CT molecular complexity index is 420. The van der Waals surface area contributed by atoms with Gasteiger partial charge in [-0.15, -0.1) is 0 Å². The van der Waals surface area contributed by atoms with Crippen LogP contribution in [0.25, 0.3) is 0 Å². The first-order valence-corrected chi connectivity index (χ1v) is 6.54. The van der Waals surface area contributed by atoms with Gasteiger partial charge in [-0.1, -0.05) is 0 Å². The minimum atomic E-state index is -0.508. The molecule has 1 aromatic carbocycles. The van der Waals surface area contributed by atoms with Gasteiger partial charge in [0.1, 0.15) is 17.3 Å². The van der Waals surface area contributed by atoms with Gasteiger partial charge in [-0.05, 0) is 38.6 Å². The van der Waals surface area contributed by atoms with Crippen LogP contribution in [0.3, 0.4) is 0 Å².